The summed E-state index contributed by atoms with van der Waals surface area (Å²) in [5.74, 6) is -1.31. The maximum Gasteiger partial charge on any atom is 0.305 e. The SMILES string of the molecule is CC(=O)O[C@@H]1OC(C)[C@H](O)C(O)[C@@H]1OC(C)=O. The molecule has 98 valence electrons. The van der Waals surface area contributed by atoms with E-state index in [1.807, 2.05) is 0 Å². The molecule has 1 aliphatic rings. The Morgan fingerprint density at radius 2 is 1.59 bits per heavy atom. The largest absolute Gasteiger partial charge is 0.453 e. The Morgan fingerprint density at radius 1 is 1.06 bits per heavy atom. The zero-order valence-corrected chi connectivity index (χ0v) is 9.82. The number of carbonyl (C=O) groups is 2. The van der Waals surface area contributed by atoms with E-state index in [4.69, 9.17) is 14.2 Å². The van der Waals surface area contributed by atoms with E-state index in [9.17, 15) is 19.8 Å². The lowest BCUT2D eigenvalue weighted by Crippen LogP contribution is -2.58. The predicted octanol–water partition coefficient (Wildman–Crippen LogP) is -1.05. The molecule has 7 heteroatoms. The molecule has 0 saturated carbocycles. The molecule has 1 heterocycles. The standard InChI is InChI=1S/C10H16O7/c1-4-7(13)8(14)9(16-5(2)11)10(15-4)17-6(3)12/h4,7-10,13-14H,1-3H3/t4?,7-,8?,9-,10-/m0/s1. The summed E-state index contributed by atoms with van der Waals surface area (Å²) in [6.07, 6.45) is -5.77. The van der Waals surface area contributed by atoms with Crippen molar-refractivity contribution in [3.8, 4) is 0 Å². The van der Waals surface area contributed by atoms with Gasteiger partial charge in [0.1, 0.15) is 12.2 Å². The van der Waals surface area contributed by atoms with Gasteiger partial charge in [0.15, 0.2) is 6.10 Å². The molecule has 17 heavy (non-hydrogen) atoms. The van der Waals surface area contributed by atoms with Crippen LogP contribution in [-0.4, -0.2) is 52.9 Å². The van der Waals surface area contributed by atoms with Crippen LogP contribution in [-0.2, 0) is 23.8 Å². The molecule has 0 amide bonds. The lowest BCUT2D eigenvalue weighted by atomic mass is 10.00. The van der Waals surface area contributed by atoms with E-state index in [-0.39, 0.29) is 0 Å². The molecule has 0 aromatic heterocycles. The fourth-order valence-electron chi connectivity index (χ4n) is 1.58. The summed E-state index contributed by atoms with van der Waals surface area (Å²) in [4.78, 5) is 21.7. The Kier molecular flexibility index (Phi) is 4.44. The summed E-state index contributed by atoms with van der Waals surface area (Å²) in [6.45, 7) is 3.81. The molecule has 0 bridgehead atoms. The minimum atomic E-state index is -1.37. The Bertz CT molecular complexity index is 303. The maximum absolute atomic E-state index is 10.9. The second-order valence-corrected chi connectivity index (χ2v) is 3.87. The van der Waals surface area contributed by atoms with Crippen LogP contribution < -0.4 is 0 Å². The second-order valence-electron chi connectivity index (χ2n) is 3.87. The lowest BCUT2D eigenvalue weighted by Gasteiger charge is -2.39. The third-order valence-corrected chi connectivity index (χ3v) is 2.37. The summed E-state index contributed by atoms with van der Waals surface area (Å²) >= 11 is 0. The summed E-state index contributed by atoms with van der Waals surface area (Å²) in [6, 6.07) is 0. The third-order valence-electron chi connectivity index (χ3n) is 2.37. The van der Waals surface area contributed by atoms with Crippen LogP contribution in [0.15, 0.2) is 0 Å². The topological polar surface area (TPSA) is 102 Å². The summed E-state index contributed by atoms with van der Waals surface area (Å²) in [5, 5.41) is 19.3. The Balaban J connectivity index is 2.82. The molecular weight excluding hydrogens is 232 g/mol. The lowest BCUT2D eigenvalue weighted by molar-refractivity contribution is -0.287. The highest BCUT2D eigenvalue weighted by atomic mass is 16.7. The summed E-state index contributed by atoms with van der Waals surface area (Å²) in [5.41, 5.74) is 0. The van der Waals surface area contributed by atoms with Gasteiger partial charge in [0, 0.05) is 13.8 Å². The van der Waals surface area contributed by atoms with E-state index >= 15 is 0 Å². The van der Waals surface area contributed by atoms with Gasteiger partial charge in [-0.1, -0.05) is 0 Å². The third kappa shape index (κ3) is 3.39. The zero-order valence-electron chi connectivity index (χ0n) is 9.82. The highest BCUT2D eigenvalue weighted by molar-refractivity contribution is 5.67. The van der Waals surface area contributed by atoms with Gasteiger partial charge < -0.3 is 24.4 Å². The molecule has 0 spiro atoms. The molecule has 0 radical (unpaired) electrons. The van der Waals surface area contributed by atoms with Crippen LogP contribution in [0.3, 0.4) is 0 Å². The van der Waals surface area contributed by atoms with Gasteiger partial charge in [-0.25, -0.2) is 0 Å². The molecule has 0 aromatic carbocycles. The number of hydrogen-bond acceptors (Lipinski definition) is 7. The van der Waals surface area contributed by atoms with E-state index in [1.54, 1.807) is 0 Å². The van der Waals surface area contributed by atoms with Crippen LogP contribution in [0, 0.1) is 0 Å². The van der Waals surface area contributed by atoms with Crippen LogP contribution in [0.5, 0.6) is 0 Å². The van der Waals surface area contributed by atoms with E-state index in [2.05, 4.69) is 0 Å². The van der Waals surface area contributed by atoms with Crippen LogP contribution in [0.2, 0.25) is 0 Å². The van der Waals surface area contributed by atoms with Crippen LogP contribution in [0.4, 0.5) is 0 Å². The molecule has 5 atom stereocenters. The van der Waals surface area contributed by atoms with Crippen molar-refractivity contribution < 1.29 is 34.0 Å². The Labute approximate surface area is 98.3 Å². The van der Waals surface area contributed by atoms with Crippen molar-refractivity contribution in [2.45, 2.75) is 51.5 Å². The van der Waals surface area contributed by atoms with Gasteiger partial charge in [0.25, 0.3) is 0 Å². The van der Waals surface area contributed by atoms with E-state index in [0.29, 0.717) is 0 Å². The first-order valence-corrected chi connectivity index (χ1v) is 5.19. The number of esters is 2. The van der Waals surface area contributed by atoms with Gasteiger partial charge in [-0.2, -0.15) is 0 Å². The van der Waals surface area contributed by atoms with Gasteiger partial charge >= 0.3 is 11.9 Å². The normalized spacial score (nSPS) is 37.4. The number of aliphatic hydroxyl groups excluding tert-OH is 2. The quantitative estimate of drug-likeness (QED) is 0.601. The number of carbonyl (C=O) groups excluding carboxylic acids is 2. The predicted molar refractivity (Wildman–Crippen MR) is 53.7 cm³/mol. The van der Waals surface area contributed by atoms with Gasteiger partial charge in [-0.3, -0.25) is 9.59 Å². The summed E-state index contributed by atoms with van der Waals surface area (Å²) < 4.78 is 14.7. The minimum absolute atomic E-state index is 0.636. The first-order valence-electron chi connectivity index (χ1n) is 5.19. The van der Waals surface area contributed by atoms with E-state index in [1.165, 1.54) is 6.92 Å². The molecule has 1 saturated heterocycles. The number of aliphatic hydroxyl groups is 2. The van der Waals surface area contributed by atoms with Crippen molar-refractivity contribution in [2.75, 3.05) is 0 Å². The molecular formula is C10H16O7. The van der Waals surface area contributed by atoms with Gasteiger partial charge in [-0.15, -0.1) is 0 Å². The van der Waals surface area contributed by atoms with Crippen molar-refractivity contribution >= 4 is 11.9 Å². The van der Waals surface area contributed by atoms with E-state index < -0.39 is 42.6 Å². The molecule has 1 aliphatic heterocycles. The monoisotopic (exact) mass is 248 g/mol. The van der Waals surface area contributed by atoms with Crippen LogP contribution in [0.1, 0.15) is 20.8 Å². The molecule has 7 nitrogen and oxygen atoms in total. The van der Waals surface area contributed by atoms with Crippen LogP contribution >= 0.6 is 0 Å². The van der Waals surface area contributed by atoms with Gasteiger partial charge in [0.2, 0.25) is 6.29 Å². The van der Waals surface area contributed by atoms with Crippen molar-refractivity contribution in [1.82, 2.24) is 0 Å². The highest BCUT2D eigenvalue weighted by Crippen LogP contribution is 2.24. The molecule has 1 fully saturated rings. The van der Waals surface area contributed by atoms with Crippen molar-refractivity contribution in [3.05, 3.63) is 0 Å². The Morgan fingerprint density at radius 3 is 2.06 bits per heavy atom. The number of rotatable bonds is 2. The second kappa shape index (κ2) is 5.44. The molecule has 2 unspecified atom stereocenters. The fourth-order valence-corrected chi connectivity index (χ4v) is 1.58. The maximum atomic E-state index is 10.9. The number of ether oxygens (including phenoxy) is 3. The zero-order chi connectivity index (χ0) is 13.2. The number of hydrogen-bond donors (Lipinski definition) is 2. The first kappa shape index (κ1) is 13.9. The Hall–Kier alpha value is -1.18. The first-order chi connectivity index (χ1) is 7.82. The van der Waals surface area contributed by atoms with Crippen LogP contribution in [0.25, 0.3) is 0 Å². The van der Waals surface area contributed by atoms with Gasteiger partial charge in [0.05, 0.1) is 6.10 Å². The minimum Gasteiger partial charge on any atom is -0.453 e. The van der Waals surface area contributed by atoms with Crippen molar-refractivity contribution in [1.29, 1.82) is 0 Å². The van der Waals surface area contributed by atoms with E-state index in [0.717, 1.165) is 13.8 Å². The molecule has 0 aromatic rings. The van der Waals surface area contributed by atoms with Crippen molar-refractivity contribution in [3.63, 3.8) is 0 Å². The molecule has 1 rings (SSSR count). The average Bonchev–Trinajstić information content (AvgIpc) is 2.20. The molecule has 2 N–H and O–H groups in total. The fraction of sp³-hybridized carbons (Fsp3) is 0.800. The highest BCUT2D eigenvalue weighted by Gasteiger charge is 2.46. The van der Waals surface area contributed by atoms with Gasteiger partial charge in [-0.05, 0) is 6.92 Å². The average molecular weight is 248 g/mol. The summed E-state index contributed by atoms with van der Waals surface area (Å²) in [7, 11) is 0. The molecule has 0 aliphatic carbocycles. The smallest absolute Gasteiger partial charge is 0.305 e. The van der Waals surface area contributed by atoms with Crippen molar-refractivity contribution in [2.24, 2.45) is 0 Å².